The molecule has 0 aliphatic carbocycles. The van der Waals surface area contributed by atoms with Gasteiger partial charge in [0.25, 0.3) is 0 Å². The van der Waals surface area contributed by atoms with E-state index in [0.717, 1.165) is 12.8 Å². The molecular weight excluding hydrogens is 260 g/mol. The molecule has 0 saturated carbocycles. The quantitative estimate of drug-likeness (QED) is 0.444. The summed E-state index contributed by atoms with van der Waals surface area (Å²) in [5, 5.41) is 5.65. The van der Waals surface area contributed by atoms with Crippen LogP contribution in [0.5, 0.6) is 0 Å². The van der Waals surface area contributed by atoms with Gasteiger partial charge in [0.05, 0.1) is 6.04 Å². The van der Waals surface area contributed by atoms with E-state index in [1.165, 1.54) is 4.88 Å². The van der Waals surface area contributed by atoms with Crippen molar-refractivity contribution in [3.8, 4) is 0 Å². The Labute approximate surface area is 116 Å². The molecule has 1 amide bonds. The summed E-state index contributed by atoms with van der Waals surface area (Å²) in [4.78, 5) is 18.1. The summed E-state index contributed by atoms with van der Waals surface area (Å²) in [5.74, 6) is 0.354. The maximum atomic E-state index is 12.2. The fraction of sp³-hybridized carbons (Fsp3) is 0.615. The third kappa shape index (κ3) is 3.28. The Morgan fingerprint density at radius 1 is 1.68 bits per heavy atom. The van der Waals surface area contributed by atoms with Crippen LogP contribution in [0.4, 0.5) is 0 Å². The Hall–Kier alpha value is -1.52. The van der Waals surface area contributed by atoms with Crippen LogP contribution >= 0.6 is 11.3 Å². The summed E-state index contributed by atoms with van der Waals surface area (Å²) in [7, 11) is 0. The Balaban J connectivity index is 2.09. The van der Waals surface area contributed by atoms with Gasteiger partial charge in [-0.1, -0.05) is 24.5 Å². The van der Waals surface area contributed by atoms with Crippen LogP contribution in [0.15, 0.2) is 22.6 Å². The van der Waals surface area contributed by atoms with E-state index >= 15 is 0 Å². The zero-order valence-electron chi connectivity index (χ0n) is 11.0. The number of likely N-dealkylation sites (tertiary alicyclic amines) is 1. The second kappa shape index (κ2) is 6.59. The number of rotatable bonds is 6. The highest BCUT2D eigenvalue weighted by molar-refractivity contribution is 7.10. The standard InChI is InChI=1S/C13H18N4OS/c1-2-4-11(12-5-3-6-19-12)17-9-10(7-13(17)18)8-15-16-14/h3,5-6,10-11H,2,4,7-9H2,1H3. The molecule has 2 heterocycles. The Kier molecular flexibility index (Phi) is 4.82. The van der Waals surface area contributed by atoms with Gasteiger partial charge in [-0.15, -0.1) is 11.3 Å². The predicted octanol–water partition coefficient (Wildman–Crippen LogP) is 3.75. The number of hydrogen-bond acceptors (Lipinski definition) is 3. The maximum absolute atomic E-state index is 12.2. The van der Waals surface area contributed by atoms with Gasteiger partial charge in [0.15, 0.2) is 0 Å². The van der Waals surface area contributed by atoms with Crippen LogP contribution in [0.3, 0.4) is 0 Å². The fourth-order valence-electron chi connectivity index (χ4n) is 2.59. The lowest BCUT2D eigenvalue weighted by Crippen LogP contribution is -2.30. The van der Waals surface area contributed by atoms with Crippen LogP contribution in [0, 0.1) is 5.92 Å². The number of azide groups is 1. The second-order valence-electron chi connectivity index (χ2n) is 4.85. The number of hydrogen-bond donors (Lipinski definition) is 0. The topological polar surface area (TPSA) is 69.1 Å². The molecule has 102 valence electrons. The molecule has 2 unspecified atom stereocenters. The van der Waals surface area contributed by atoms with Crippen molar-refractivity contribution in [1.82, 2.24) is 4.90 Å². The average molecular weight is 278 g/mol. The first-order chi connectivity index (χ1) is 9.26. The van der Waals surface area contributed by atoms with Gasteiger partial charge >= 0.3 is 0 Å². The van der Waals surface area contributed by atoms with Crippen LogP contribution in [0.1, 0.15) is 37.1 Å². The van der Waals surface area contributed by atoms with Gasteiger partial charge in [0, 0.05) is 29.3 Å². The molecule has 0 bridgehead atoms. The number of carbonyl (C=O) groups is 1. The smallest absolute Gasteiger partial charge is 0.223 e. The lowest BCUT2D eigenvalue weighted by atomic mass is 10.1. The normalized spacial score (nSPS) is 20.4. The van der Waals surface area contributed by atoms with Crippen molar-refractivity contribution in [2.24, 2.45) is 11.0 Å². The SMILES string of the molecule is CCCC(c1cccs1)N1CC(CN=[N+]=[N-])CC1=O. The van der Waals surface area contributed by atoms with Crippen LogP contribution in [-0.2, 0) is 4.79 Å². The molecule has 0 aromatic carbocycles. The van der Waals surface area contributed by atoms with Gasteiger partial charge in [-0.25, -0.2) is 0 Å². The van der Waals surface area contributed by atoms with Crippen LogP contribution < -0.4 is 0 Å². The second-order valence-corrected chi connectivity index (χ2v) is 5.83. The van der Waals surface area contributed by atoms with Crippen molar-refractivity contribution in [3.63, 3.8) is 0 Å². The van der Waals surface area contributed by atoms with Crippen molar-refractivity contribution in [2.45, 2.75) is 32.2 Å². The minimum absolute atomic E-state index is 0.169. The van der Waals surface area contributed by atoms with E-state index in [4.69, 9.17) is 5.53 Å². The molecule has 1 aromatic rings. The van der Waals surface area contributed by atoms with E-state index in [9.17, 15) is 4.79 Å². The van der Waals surface area contributed by atoms with Crippen molar-refractivity contribution < 1.29 is 4.79 Å². The van der Waals surface area contributed by atoms with Crippen molar-refractivity contribution >= 4 is 17.2 Å². The van der Waals surface area contributed by atoms with Gasteiger partial charge in [0.2, 0.25) is 5.91 Å². The molecule has 0 spiro atoms. The molecule has 1 aliphatic rings. The molecule has 2 rings (SSSR count). The summed E-state index contributed by atoms with van der Waals surface area (Å²) in [5.41, 5.74) is 8.36. The van der Waals surface area contributed by atoms with E-state index < -0.39 is 0 Å². The highest BCUT2D eigenvalue weighted by Gasteiger charge is 2.34. The average Bonchev–Trinajstić information content (AvgIpc) is 3.03. The van der Waals surface area contributed by atoms with Crippen molar-refractivity contribution in [2.75, 3.05) is 13.1 Å². The zero-order chi connectivity index (χ0) is 13.7. The summed E-state index contributed by atoms with van der Waals surface area (Å²) in [6.45, 7) is 3.26. The molecular formula is C13H18N4OS. The first-order valence-electron chi connectivity index (χ1n) is 6.60. The minimum Gasteiger partial charge on any atom is -0.335 e. The van der Waals surface area contributed by atoms with Crippen LogP contribution in [-0.4, -0.2) is 23.9 Å². The molecule has 1 fully saturated rings. The molecule has 5 nitrogen and oxygen atoms in total. The van der Waals surface area contributed by atoms with Gasteiger partial charge in [-0.05, 0) is 29.3 Å². The molecule has 1 aliphatic heterocycles. The van der Waals surface area contributed by atoms with E-state index in [0.29, 0.717) is 19.5 Å². The Morgan fingerprint density at radius 3 is 3.16 bits per heavy atom. The Bertz CT molecular complexity index is 467. The molecule has 2 atom stereocenters. The number of nitrogens with zero attached hydrogens (tertiary/aromatic N) is 4. The van der Waals surface area contributed by atoms with E-state index in [2.05, 4.69) is 28.4 Å². The summed E-state index contributed by atoms with van der Waals surface area (Å²) < 4.78 is 0. The van der Waals surface area contributed by atoms with E-state index in [1.807, 2.05) is 11.0 Å². The lowest BCUT2D eigenvalue weighted by molar-refractivity contribution is -0.129. The zero-order valence-corrected chi connectivity index (χ0v) is 11.8. The molecule has 19 heavy (non-hydrogen) atoms. The van der Waals surface area contributed by atoms with Crippen LogP contribution in [0.25, 0.3) is 10.4 Å². The fourth-order valence-corrected chi connectivity index (χ4v) is 3.46. The molecule has 1 aromatic heterocycles. The summed E-state index contributed by atoms with van der Waals surface area (Å²) in [6, 6.07) is 4.31. The van der Waals surface area contributed by atoms with Gasteiger partial charge in [-0.3, -0.25) is 4.79 Å². The van der Waals surface area contributed by atoms with Crippen LogP contribution in [0.2, 0.25) is 0 Å². The first-order valence-corrected chi connectivity index (χ1v) is 7.48. The highest BCUT2D eigenvalue weighted by atomic mass is 32.1. The largest absolute Gasteiger partial charge is 0.335 e. The Morgan fingerprint density at radius 2 is 2.53 bits per heavy atom. The number of carbonyl (C=O) groups excluding carboxylic acids is 1. The number of thiophene rings is 1. The monoisotopic (exact) mass is 278 g/mol. The highest BCUT2D eigenvalue weighted by Crippen LogP contribution is 2.34. The first kappa shape index (κ1) is 13.9. The van der Waals surface area contributed by atoms with Crippen molar-refractivity contribution in [1.29, 1.82) is 0 Å². The summed E-state index contributed by atoms with van der Waals surface area (Å²) >= 11 is 1.70. The molecule has 0 radical (unpaired) electrons. The molecule has 0 N–H and O–H groups in total. The van der Waals surface area contributed by atoms with Gasteiger partial charge < -0.3 is 4.90 Å². The summed E-state index contributed by atoms with van der Waals surface area (Å²) in [6.07, 6.45) is 2.54. The third-order valence-corrected chi connectivity index (χ3v) is 4.43. The van der Waals surface area contributed by atoms with Gasteiger partial charge in [-0.2, -0.15) is 0 Å². The van der Waals surface area contributed by atoms with E-state index in [1.54, 1.807) is 11.3 Å². The van der Waals surface area contributed by atoms with Gasteiger partial charge in [0.1, 0.15) is 0 Å². The van der Waals surface area contributed by atoms with Crippen molar-refractivity contribution in [3.05, 3.63) is 32.8 Å². The maximum Gasteiger partial charge on any atom is 0.223 e. The van der Waals surface area contributed by atoms with E-state index in [-0.39, 0.29) is 17.9 Å². The minimum atomic E-state index is 0.169. The molecule has 1 saturated heterocycles. The predicted molar refractivity (Wildman–Crippen MR) is 75.8 cm³/mol. The number of amides is 1. The molecule has 6 heteroatoms. The lowest BCUT2D eigenvalue weighted by Gasteiger charge is -2.27. The third-order valence-electron chi connectivity index (χ3n) is 3.45.